The van der Waals surface area contributed by atoms with Gasteiger partial charge in [0.1, 0.15) is 5.75 Å². The molecule has 1 aliphatic heterocycles. The van der Waals surface area contributed by atoms with Crippen molar-refractivity contribution in [3.8, 4) is 5.75 Å². The summed E-state index contributed by atoms with van der Waals surface area (Å²) in [7, 11) is 0. The van der Waals surface area contributed by atoms with Gasteiger partial charge in [0.2, 0.25) is 0 Å². The average Bonchev–Trinajstić information content (AvgIpc) is 2.93. The smallest absolute Gasteiger partial charge is 0.119 e. The minimum Gasteiger partial charge on any atom is -0.494 e. The Morgan fingerprint density at radius 2 is 2.05 bits per heavy atom. The van der Waals surface area contributed by atoms with Crippen LogP contribution in [0, 0.1) is 11.8 Å². The van der Waals surface area contributed by atoms with Gasteiger partial charge in [-0.3, -0.25) is 0 Å². The first-order chi connectivity index (χ1) is 9.69. The Kier molecular flexibility index (Phi) is 5.86. The average molecular weight is 276 g/mol. The SMILES string of the molecule is CC(C)C1CCN(CCCOc2ccc(CN)cc2)C1. The van der Waals surface area contributed by atoms with Gasteiger partial charge in [-0.25, -0.2) is 0 Å². The fourth-order valence-corrected chi connectivity index (χ4v) is 2.81. The van der Waals surface area contributed by atoms with E-state index in [1.54, 1.807) is 0 Å². The second kappa shape index (κ2) is 7.65. The Balaban J connectivity index is 1.62. The van der Waals surface area contributed by atoms with E-state index >= 15 is 0 Å². The van der Waals surface area contributed by atoms with Crippen LogP contribution in [0.15, 0.2) is 24.3 Å². The minimum atomic E-state index is 0.590. The quantitative estimate of drug-likeness (QED) is 0.778. The zero-order chi connectivity index (χ0) is 14.4. The zero-order valence-electron chi connectivity index (χ0n) is 12.8. The molecule has 1 aliphatic rings. The van der Waals surface area contributed by atoms with E-state index in [0.29, 0.717) is 6.54 Å². The van der Waals surface area contributed by atoms with Crippen molar-refractivity contribution in [2.45, 2.75) is 33.2 Å². The molecule has 0 radical (unpaired) electrons. The van der Waals surface area contributed by atoms with Crippen LogP contribution in [-0.4, -0.2) is 31.1 Å². The first kappa shape index (κ1) is 15.3. The first-order valence-electron chi connectivity index (χ1n) is 7.83. The molecule has 0 aliphatic carbocycles. The second-order valence-electron chi connectivity index (χ2n) is 6.14. The van der Waals surface area contributed by atoms with Crippen molar-refractivity contribution in [2.24, 2.45) is 17.6 Å². The van der Waals surface area contributed by atoms with E-state index in [-0.39, 0.29) is 0 Å². The molecule has 3 heteroatoms. The summed E-state index contributed by atoms with van der Waals surface area (Å²) < 4.78 is 5.77. The van der Waals surface area contributed by atoms with E-state index in [1.807, 2.05) is 24.3 Å². The molecule has 0 bridgehead atoms. The van der Waals surface area contributed by atoms with Crippen LogP contribution in [0.1, 0.15) is 32.3 Å². The maximum Gasteiger partial charge on any atom is 0.119 e. The molecule has 20 heavy (non-hydrogen) atoms. The van der Waals surface area contributed by atoms with Crippen LogP contribution >= 0.6 is 0 Å². The lowest BCUT2D eigenvalue weighted by Gasteiger charge is -2.17. The van der Waals surface area contributed by atoms with E-state index < -0.39 is 0 Å². The minimum absolute atomic E-state index is 0.590. The highest BCUT2D eigenvalue weighted by Gasteiger charge is 2.23. The third kappa shape index (κ3) is 4.50. The van der Waals surface area contributed by atoms with Gasteiger partial charge in [0.25, 0.3) is 0 Å². The van der Waals surface area contributed by atoms with Gasteiger partial charge in [0, 0.05) is 19.6 Å². The van der Waals surface area contributed by atoms with Crippen molar-refractivity contribution in [1.29, 1.82) is 0 Å². The molecule has 0 saturated carbocycles. The van der Waals surface area contributed by atoms with Gasteiger partial charge < -0.3 is 15.4 Å². The molecule has 1 saturated heterocycles. The second-order valence-corrected chi connectivity index (χ2v) is 6.14. The molecule has 3 nitrogen and oxygen atoms in total. The van der Waals surface area contributed by atoms with Gasteiger partial charge in [-0.2, -0.15) is 0 Å². The monoisotopic (exact) mass is 276 g/mol. The Hall–Kier alpha value is -1.06. The molecule has 2 N–H and O–H groups in total. The van der Waals surface area contributed by atoms with Crippen molar-refractivity contribution >= 4 is 0 Å². The van der Waals surface area contributed by atoms with Crippen LogP contribution in [0.25, 0.3) is 0 Å². The predicted molar refractivity (Wildman–Crippen MR) is 83.8 cm³/mol. The molecule has 1 unspecified atom stereocenters. The van der Waals surface area contributed by atoms with E-state index in [9.17, 15) is 0 Å². The van der Waals surface area contributed by atoms with Crippen molar-refractivity contribution in [2.75, 3.05) is 26.2 Å². The topological polar surface area (TPSA) is 38.5 Å². The molecule has 0 aromatic heterocycles. The molecule has 0 amide bonds. The van der Waals surface area contributed by atoms with Crippen molar-refractivity contribution in [1.82, 2.24) is 4.90 Å². The molecule has 1 fully saturated rings. The van der Waals surface area contributed by atoms with Crippen LogP contribution in [0.5, 0.6) is 5.75 Å². The van der Waals surface area contributed by atoms with Gasteiger partial charge in [-0.15, -0.1) is 0 Å². The molecule has 1 heterocycles. The maximum atomic E-state index is 5.77. The van der Waals surface area contributed by atoms with Crippen LogP contribution in [0.2, 0.25) is 0 Å². The maximum absolute atomic E-state index is 5.77. The summed E-state index contributed by atoms with van der Waals surface area (Å²) in [4.78, 5) is 2.57. The van der Waals surface area contributed by atoms with Crippen molar-refractivity contribution < 1.29 is 4.74 Å². The summed E-state index contributed by atoms with van der Waals surface area (Å²) in [5, 5.41) is 0. The van der Waals surface area contributed by atoms with Gasteiger partial charge in [0.05, 0.1) is 6.61 Å². The number of hydrogen-bond donors (Lipinski definition) is 1. The van der Waals surface area contributed by atoms with Crippen LogP contribution < -0.4 is 10.5 Å². The number of nitrogens with two attached hydrogens (primary N) is 1. The van der Waals surface area contributed by atoms with Crippen LogP contribution in [0.4, 0.5) is 0 Å². The third-order valence-electron chi connectivity index (χ3n) is 4.30. The molecule has 1 aromatic rings. The van der Waals surface area contributed by atoms with E-state index in [0.717, 1.165) is 42.7 Å². The molecular formula is C17H28N2O. The Bertz CT molecular complexity index is 388. The number of likely N-dealkylation sites (tertiary alicyclic amines) is 1. The van der Waals surface area contributed by atoms with Gasteiger partial charge in [0.15, 0.2) is 0 Å². The number of hydrogen-bond acceptors (Lipinski definition) is 3. The number of nitrogens with zero attached hydrogens (tertiary/aromatic N) is 1. The summed E-state index contributed by atoms with van der Waals surface area (Å²) in [6.07, 6.45) is 2.46. The van der Waals surface area contributed by atoms with Crippen molar-refractivity contribution in [3.05, 3.63) is 29.8 Å². The highest BCUT2D eigenvalue weighted by atomic mass is 16.5. The summed E-state index contributed by atoms with van der Waals surface area (Å²) in [5.41, 5.74) is 6.72. The fraction of sp³-hybridized carbons (Fsp3) is 0.647. The number of benzene rings is 1. The molecule has 112 valence electrons. The van der Waals surface area contributed by atoms with Crippen LogP contribution in [-0.2, 0) is 6.54 Å². The van der Waals surface area contributed by atoms with Gasteiger partial charge in [-0.05, 0) is 48.9 Å². The predicted octanol–water partition coefficient (Wildman–Crippen LogP) is 2.89. The van der Waals surface area contributed by atoms with Gasteiger partial charge >= 0.3 is 0 Å². The Labute approximate surface area is 123 Å². The fourth-order valence-electron chi connectivity index (χ4n) is 2.81. The van der Waals surface area contributed by atoms with E-state index in [1.165, 1.54) is 19.5 Å². The largest absolute Gasteiger partial charge is 0.494 e. The molecule has 2 rings (SSSR count). The summed E-state index contributed by atoms with van der Waals surface area (Å²) >= 11 is 0. The van der Waals surface area contributed by atoms with Crippen LogP contribution in [0.3, 0.4) is 0 Å². The normalized spacial score (nSPS) is 19.7. The summed E-state index contributed by atoms with van der Waals surface area (Å²) in [5.74, 6) is 2.65. The number of ether oxygens (including phenoxy) is 1. The lowest BCUT2D eigenvalue weighted by atomic mass is 9.95. The summed E-state index contributed by atoms with van der Waals surface area (Å²) in [6.45, 7) is 9.74. The Morgan fingerprint density at radius 1 is 1.30 bits per heavy atom. The Morgan fingerprint density at radius 3 is 2.65 bits per heavy atom. The molecule has 1 aromatic carbocycles. The highest BCUT2D eigenvalue weighted by Crippen LogP contribution is 2.23. The number of rotatable bonds is 7. The summed E-state index contributed by atoms with van der Waals surface area (Å²) in [6, 6.07) is 8.08. The standard InChI is InChI=1S/C17H28N2O/c1-14(2)16-8-10-19(13-16)9-3-11-20-17-6-4-15(12-18)5-7-17/h4-7,14,16H,3,8-13,18H2,1-2H3. The molecule has 0 spiro atoms. The van der Waals surface area contributed by atoms with E-state index in [2.05, 4.69) is 18.7 Å². The van der Waals surface area contributed by atoms with Crippen molar-refractivity contribution in [3.63, 3.8) is 0 Å². The zero-order valence-corrected chi connectivity index (χ0v) is 12.8. The first-order valence-corrected chi connectivity index (χ1v) is 7.83. The molecule has 1 atom stereocenters. The van der Waals surface area contributed by atoms with Gasteiger partial charge in [-0.1, -0.05) is 26.0 Å². The lowest BCUT2D eigenvalue weighted by molar-refractivity contribution is 0.252. The van der Waals surface area contributed by atoms with E-state index in [4.69, 9.17) is 10.5 Å². The highest BCUT2D eigenvalue weighted by molar-refractivity contribution is 5.26. The lowest BCUT2D eigenvalue weighted by Crippen LogP contribution is -2.24. The third-order valence-corrected chi connectivity index (χ3v) is 4.30. The molecular weight excluding hydrogens is 248 g/mol.